The first-order valence-electron chi connectivity index (χ1n) is 4.23. The normalized spacial score (nSPS) is 26.1. The number of hydrogen-bond acceptors (Lipinski definition) is 0. The van der Waals surface area contributed by atoms with Gasteiger partial charge in [-0.05, 0) is 51.9 Å². The first-order chi connectivity index (χ1) is 6.22. The number of alkyl halides is 1. The summed E-state index contributed by atoms with van der Waals surface area (Å²) in [5, 5.41) is 0.770. The third kappa shape index (κ3) is 2.03. The van der Waals surface area contributed by atoms with Crippen molar-refractivity contribution in [2.45, 2.75) is 12.3 Å². The maximum absolute atomic E-state index is 5.90. The van der Waals surface area contributed by atoms with Gasteiger partial charge in [-0.3, -0.25) is 0 Å². The smallest absolute Gasteiger partial charge is 0.0548 e. The molecule has 0 heterocycles. The molecule has 70 valence electrons. The van der Waals surface area contributed by atoms with Gasteiger partial charge in [0, 0.05) is 10.4 Å². The molecule has 0 bridgehead atoms. The van der Waals surface area contributed by atoms with E-state index in [0.717, 1.165) is 15.4 Å². The van der Waals surface area contributed by atoms with Crippen molar-refractivity contribution < 1.29 is 0 Å². The molecule has 1 aliphatic rings. The Labute approximate surface area is 96.4 Å². The molecule has 0 spiro atoms. The summed E-state index contributed by atoms with van der Waals surface area (Å²) in [6, 6.07) is 6.12. The maximum Gasteiger partial charge on any atom is 0.0548 e. The molecule has 2 rings (SSSR count). The van der Waals surface area contributed by atoms with E-state index >= 15 is 0 Å². The summed E-state index contributed by atoms with van der Waals surface area (Å²) >= 11 is 15.1. The van der Waals surface area contributed by atoms with Gasteiger partial charge in [0.05, 0.1) is 5.02 Å². The molecule has 2 unspecified atom stereocenters. The van der Waals surface area contributed by atoms with Crippen molar-refractivity contribution in [2.75, 3.05) is 5.88 Å². The van der Waals surface area contributed by atoms with E-state index in [1.807, 2.05) is 6.07 Å². The van der Waals surface area contributed by atoms with Crippen LogP contribution in [0.2, 0.25) is 5.02 Å². The van der Waals surface area contributed by atoms with Gasteiger partial charge in [-0.15, -0.1) is 11.6 Å². The van der Waals surface area contributed by atoms with Crippen molar-refractivity contribution >= 4 is 39.1 Å². The van der Waals surface area contributed by atoms with Gasteiger partial charge in [0.15, 0.2) is 0 Å². The van der Waals surface area contributed by atoms with Crippen LogP contribution in [0.4, 0.5) is 0 Å². The van der Waals surface area contributed by atoms with E-state index in [1.165, 1.54) is 12.0 Å². The minimum Gasteiger partial charge on any atom is -0.126 e. The summed E-state index contributed by atoms with van der Waals surface area (Å²) in [7, 11) is 0. The van der Waals surface area contributed by atoms with Gasteiger partial charge < -0.3 is 0 Å². The van der Waals surface area contributed by atoms with Gasteiger partial charge >= 0.3 is 0 Å². The Kier molecular flexibility index (Phi) is 2.87. The van der Waals surface area contributed by atoms with Crippen LogP contribution in [0.3, 0.4) is 0 Å². The summed E-state index contributed by atoms with van der Waals surface area (Å²) in [4.78, 5) is 0. The monoisotopic (exact) mass is 278 g/mol. The first kappa shape index (κ1) is 9.82. The highest BCUT2D eigenvalue weighted by molar-refractivity contribution is 9.10. The molecule has 1 aliphatic carbocycles. The van der Waals surface area contributed by atoms with Gasteiger partial charge in [-0.1, -0.05) is 17.7 Å². The van der Waals surface area contributed by atoms with Crippen molar-refractivity contribution in [3.8, 4) is 0 Å². The van der Waals surface area contributed by atoms with Crippen LogP contribution in [0.5, 0.6) is 0 Å². The van der Waals surface area contributed by atoms with Crippen LogP contribution in [-0.2, 0) is 0 Å². The Morgan fingerprint density at radius 3 is 2.77 bits per heavy atom. The summed E-state index contributed by atoms with van der Waals surface area (Å²) in [6.45, 7) is 0. The zero-order valence-electron chi connectivity index (χ0n) is 6.93. The molecule has 1 saturated carbocycles. The molecule has 13 heavy (non-hydrogen) atoms. The molecule has 1 fully saturated rings. The third-order valence-electron chi connectivity index (χ3n) is 2.49. The predicted molar refractivity (Wildman–Crippen MR) is 60.7 cm³/mol. The third-order valence-corrected chi connectivity index (χ3v) is 4.10. The van der Waals surface area contributed by atoms with Crippen LogP contribution in [-0.4, -0.2) is 5.88 Å². The van der Waals surface area contributed by atoms with E-state index in [1.54, 1.807) is 0 Å². The van der Waals surface area contributed by atoms with E-state index in [4.69, 9.17) is 23.2 Å². The van der Waals surface area contributed by atoms with Crippen LogP contribution < -0.4 is 0 Å². The van der Waals surface area contributed by atoms with Crippen molar-refractivity contribution in [3.63, 3.8) is 0 Å². The minimum absolute atomic E-state index is 0.658. The summed E-state index contributed by atoms with van der Waals surface area (Å²) in [5.74, 6) is 2.10. The maximum atomic E-state index is 5.90. The van der Waals surface area contributed by atoms with Crippen LogP contribution >= 0.6 is 39.1 Å². The second-order valence-electron chi connectivity index (χ2n) is 3.43. The Morgan fingerprint density at radius 1 is 1.46 bits per heavy atom. The van der Waals surface area contributed by atoms with Crippen molar-refractivity contribution in [1.82, 2.24) is 0 Å². The lowest BCUT2D eigenvalue weighted by molar-refractivity contribution is 0.923. The predicted octanol–water partition coefficient (Wildman–Crippen LogP) is 4.44. The van der Waals surface area contributed by atoms with Crippen LogP contribution in [0, 0.1) is 5.92 Å². The average Bonchev–Trinajstić information content (AvgIpc) is 2.88. The molecule has 3 heteroatoms. The molecular formula is C10H9BrCl2. The highest BCUT2D eigenvalue weighted by atomic mass is 79.9. The second kappa shape index (κ2) is 3.80. The molecule has 0 nitrogen and oxygen atoms in total. The quantitative estimate of drug-likeness (QED) is 0.702. The largest absolute Gasteiger partial charge is 0.126 e. The Balaban J connectivity index is 2.19. The standard InChI is InChI=1S/C10H9BrCl2/c11-9-4-6(1-2-10(9)13)8-3-7(8)5-12/h1-2,4,7-8H,3,5H2. The summed E-state index contributed by atoms with van der Waals surface area (Å²) in [5.41, 5.74) is 1.35. The summed E-state index contributed by atoms with van der Waals surface area (Å²) in [6.07, 6.45) is 1.22. The number of hydrogen-bond donors (Lipinski definition) is 0. The molecule has 0 amide bonds. The van der Waals surface area contributed by atoms with Gasteiger partial charge in [0.2, 0.25) is 0 Å². The summed E-state index contributed by atoms with van der Waals surface area (Å²) < 4.78 is 0.979. The van der Waals surface area contributed by atoms with Gasteiger partial charge in [0.1, 0.15) is 0 Å². The Morgan fingerprint density at radius 2 is 2.23 bits per heavy atom. The highest BCUT2D eigenvalue weighted by Gasteiger charge is 2.37. The molecule has 0 N–H and O–H groups in total. The lowest BCUT2D eigenvalue weighted by Crippen LogP contribution is -1.84. The molecule has 0 saturated heterocycles. The Hall–Kier alpha value is 0.280. The SMILES string of the molecule is ClCC1CC1c1ccc(Cl)c(Br)c1. The van der Waals surface area contributed by atoms with Gasteiger partial charge in [-0.2, -0.15) is 0 Å². The minimum atomic E-state index is 0.658. The molecule has 1 aromatic carbocycles. The fourth-order valence-electron chi connectivity index (χ4n) is 1.57. The molecule has 0 aromatic heterocycles. The van der Waals surface area contributed by atoms with Crippen molar-refractivity contribution in [3.05, 3.63) is 33.3 Å². The first-order valence-corrected chi connectivity index (χ1v) is 5.94. The number of halogens is 3. The fraction of sp³-hybridized carbons (Fsp3) is 0.400. The second-order valence-corrected chi connectivity index (χ2v) is 5.00. The van der Waals surface area contributed by atoms with Crippen LogP contribution in [0.15, 0.2) is 22.7 Å². The van der Waals surface area contributed by atoms with E-state index < -0.39 is 0 Å². The van der Waals surface area contributed by atoms with Gasteiger partial charge in [-0.25, -0.2) is 0 Å². The topological polar surface area (TPSA) is 0 Å². The van der Waals surface area contributed by atoms with E-state index in [0.29, 0.717) is 11.8 Å². The Bertz CT molecular complexity index is 325. The van der Waals surface area contributed by atoms with E-state index in [2.05, 4.69) is 28.1 Å². The van der Waals surface area contributed by atoms with Crippen molar-refractivity contribution in [1.29, 1.82) is 0 Å². The lowest BCUT2D eigenvalue weighted by atomic mass is 10.1. The zero-order chi connectivity index (χ0) is 9.42. The van der Waals surface area contributed by atoms with Crippen LogP contribution in [0.25, 0.3) is 0 Å². The molecule has 0 aliphatic heterocycles. The number of rotatable bonds is 2. The number of benzene rings is 1. The van der Waals surface area contributed by atoms with Crippen LogP contribution in [0.1, 0.15) is 17.9 Å². The average molecular weight is 280 g/mol. The van der Waals surface area contributed by atoms with Gasteiger partial charge in [0.25, 0.3) is 0 Å². The lowest BCUT2D eigenvalue weighted by Gasteiger charge is -2.01. The fourth-order valence-corrected chi connectivity index (χ4v) is 2.42. The molecule has 0 radical (unpaired) electrons. The van der Waals surface area contributed by atoms with E-state index in [-0.39, 0.29) is 0 Å². The highest BCUT2D eigenvalue weighted by Crippen LogP contribution is 2.48. The molecule has 2 atom stereocenters. The van der Waals surface area contributed by atoms with Crippen molar-refractivity contribution in [2.24, 2.45) is 5.92 Å². The molecular weight excluding hydrogens is 271 g/mol. The van der Waals surface area contributed by atoms with E-state index in [9.17, 15) is 0 Å². The zero-order valence-corrected chi connectivity index (χ0v) is 10.0. The molecule has 1 aromatic rings.